The van der Waals surface area contributed by atoms with Gasteiger partial charge < -0.3 is 10.1 Å². The lowest BCUT2D eigenvalue weighted by Crippen LogP contribution is -2.20. The van der Waals surface area contributed by atoms with Gasteiger partial charge in [0.05, 0.1) is 6.61 Å². The molecule has 1 aromatic rings. The van der Waals surface area contributed by atoms with Crippen LogP contribution >= 0.6 is 0 Å². The van der Waals surface area contributed by atoms with Crippen molar-refractivity contribution < 1.29 is 4.74 Å². The lowest BCUT2D eigenvalue weighted by molar-refractivity contribution is 0.111. The van der Waals surface area contributed by atoms with E-state index in [4.69, 9.17) is 10.00 Å². The second kappa shape index (κ2) is 7.77. The van der Waals surface area contributed by atoms with Crippen LogP contribution in [0.15, 0.2) is 18.3 Å². The first-order valence-electron chi connectivity index (χ1n) is 5.86. The first-order valence-corrected chi connectivity index (χ1v) is 5.86. The van der Waals surface area contributed by atoms with E-state index in [9.17, 15) is 0 Å². The van der Waals surface area contributed by atoms with Gasteiger partial charge in [-0.25, -0.2) is 4.98 Å². The number of nitrogens with zero attached hydrogens (tertiary/aromatic N) is 2. The molecule has 1 aromatic heterocycles. The summed E-state index contributed by atoms with van der Waals surface area (Å²) in [5.41, 5.74) is 1.42. The molecule has 0 aromatic carbocycles. The Hall–Kier alpha value is -1.44. The van der Waals surface area contributed by atoms with E-state index in [1.54, 1.807) is 6.20 Å². The van der Waals surface area contributed by atoms with E-state index in [2.05, 4.69) is 30.2 Å². The zero-order chi connectivity index (χ0) is 12.5. The van der Waals surface area contributed by atoms with Gasteiger partial charge in [-0.2, -0.15) is 5.26 Å². The molecule has 0 atom stereocenters. The van der Waals surface area contributed by atoms with E-state index in [0.29, 0.717) is 24.8 Å². The first kappa shape index (κ1) is 13.6. The molecule has 1 heterocycles. The van der Waals surface area contributed by atoms with E-state index in [0.717, 1.165) is 18.7 Å². The predicted molar refractivity (Wildman–Crippen MR) is 66.3 cm³/mol. The molecule has 0 bridgehead atoms. The maximum atomic E-state index is 8.86. The molecule has 1 N–H and O–H groups in total. The summed E-state index contributed by atoms with van der Waals surface area (Å²) in [5.74, 6) is 0.568. The topological polar surface area (TPSA) is 57.9 Å². The molecule has 17 heavy (non-hydrogen) atoms. The average molecular weight is 233 g/mol. The van der Waals surface area contributed by atoms with Gasteiger partial charge in [0.25, 0.3) is 0 Å². The van der Waals surface area contributed by atoms with Gasteiger partial charge in [0, 0.05) is 31.5 Å². The molecule has 0 amide bonds. The van der Waals surface area contributed by atoms with Crippen LogP contribution in [0.4, 0.5) is 0 Å². The molecule has 0 spiro atoms. The third-order valence-electron chi connectivity index (χ3n) is 2.19. The van der Waals surface area contributed by atoms with Gasteiger partial charge in [0.1, 0.15) is 11.8 Å². The van der Waals surface area contributed by atoms with Crippen molar-refractivity contribution in [2.24, 2.45) is 5.92 Å². The first-order chi connectivity index (χ1) is 8.24. The lowest BCUT2D eigenvalue weighted by atomic mass is 10.2. The number of ether oxygens (including phenoxy) is 1. The second-order valence-electron chi connectivity index (χ2n) is 4.27. The highest BCUT2D eigenvalue weighted by Gasteiger charge is 2.01. The molecule has 92 valence electrons. The number of nitrogens with one attached hydrogen (secondary N) is 1. The second-order valence-corrected chi connectivity index (χ2v) is 4.27. The molecular formula is C13H19N3O. The molecule has 0 unspecified atom stereocenters. The maximum Gasteiger partial charge on any atom is 0.144 e. The number of pyridine rings is 1. The summed E-state index contributed by atoms with van der Waals surface area (Å²) in [7, 11) is 0. The highest BCUT2D eigenvalue weighted by molar-refractivity contribution is 5.30. The van der Waals surface area contributed by atoms with E-state index in [1.807, 2.05) is 12.1 Å². The molecule has 0 aliphatic rings. The summed E-state index contributed by atoms with van der Waals surface area (Å²) < 4.78 is 5.45. The Labute approximate surface area is 103 Å². The van der Waals surface area contributed by atoms with Crippen LogP contribution in [0, 0.1) is 17.2 Å². The molecule has 0 fully saturated rings. The highest BCUT2D eigenvalue weighted by Crippen LogP contribution is 2.02. The van der Waals surface area contributed by atoms with Gasteiger partial charge in [0.15, 0.2) is 0 Å². The fourth-order valence-electron chi connectivity index (χ4n) is 1.37. The molecular weight excluding hydrogens is 214 g/mol. The number of aromatic nitrogens is 1. The van der Waals surface area contributed by atoms with Crippen LogP contribution in [0.25, 0.3) is 0 Å². The normalized spacial score (nSPS) is 10.5. The zero-order valence-corrected chi connectivity index (χ0v) is 10.4. The summed E-state index contributed by atoms with van der Waals surface area (Å²) in [5, 5.41) is 12.1. The molecule has 0 aliphatic heterocycles. The highest BCUT2D eigenvalue weighted by atomic mass is 16.5. The van der Waals surface area contributed by atoms with E-state index >= 15 is 0 Å². The molecule has 0 saturated heterocycles. The van der Waals surface area contributed by atoms with Crippen molar-refractivity contribution in [3.8, 4) is 6.07 Å². The molecule has 0 saturated carbocycles. The Morgan fingerprint density at radius 3 is 3.06 bits per heavy atom. The fourth-order valence-corrected chi connectivity index (χ4v) is 1.37. The van der Waals surface area contributed by atoms with Crippen molar-refractivity contribution in [3.05, 3.63) is 29.6 Å². The monoisotopic (exact) mass is 233 g/mol. The minimum Gasteiger partial charge on any atom is -0.380 e. The Bertz CT molecular complexity index is 371. The largest absolute Gasteiger partial charge is 0.380 e. The molecule has 4 heteroatoms. The van der Waals surface area contributed by atoms with Crippen LogP contribution in [-0.2, 0) is 11.3 Å². The van der Waals surface area contributed by atoms with E-state index < -0.39 is 0 Å². The van der Waals surface area contributed by atoms with Gasteiger partial charge >= 0.3 is 0 Å². The summed E-state index contributed by atoms with van der Waals surface area (Å²) >= 11 is 0. The van der Waals surface area contributed by atoms with E-state index in [-0.39, 0.29) is 0 Å². The van der Waals surface area contributed by atoms with Crippen LogP contribution in [-0.4, -0.2) is 24.7 Å². The third-order valence-corrected chi connectivity index (χ3v) is 2.19. The molecule has 0 aliphatic carbocycles. The summed E-state index contributed by atoms with van der Waals surface area (Å²) in [6.45, 7) is 7.18. The van der Waals surface area contributed by atoms with Crippen molar-refractivity contribution >= 4 is 0 Å². The van der Waals surface area contributed by atoms with Crippen LogP contribution < -0.4 is 5.32 Å². The number of hydrogen-bond donors (Lipinski definition) is 1. The van der Waals surface area contributed by atoms with Gasteiger partial charge in [-0.1, -0.05) is 19.9 Å². The Morgan fingerprint density at radius 1 is 1.53 bits per heavy atom. The van der Waals surface area contributed by atoms with Crippen LogP contribution in [0.5, 0.6) is 0 Å². The van der Waals surface area contributed by atoms with E-state index in [1.165, 1.54) is 0 Å². The van der Waals surface area contributed by atoms with Crippen molar-refractivity contribution in [1.82, 2.24) is 10.3 Å². The fraction of sp³-hybridized carbons (Fsp3) is 0.538. The van der Waals surface area contributed by atoms with Crippen molar-refractivity contribution in [3.63, 3.8) is 0 Å². The number of rotatable bonds is 7. The van der Waals surface area contributed by atoms with Crippen molar-refractivity contribution in [2.45, 2.75) is 20.4 Å². The SMILES string of the molecule is CC(C)COCCNCc1cccnc1C#N. The maximum absolute atomic E-state index is 8.86. The number of hydrogen-bond acceptors (Lipinski definition) is 4. The summed E-state index contributed by atoms with van der Waals surface area (Å²) in [6, 6.07) is 5.83. The minimum absolute atomic E-state index is 0.489. The molecule has 1 rings (SSSR count). The number of nitriles is 1. The molecule has 4 nitrogen and oxygen atoms in total. The van der Waals surface area contributed by atoms with Gasteiger partial charge in [-0.05, 0) is 12.0 Å². The van der Waals surface area contributed by atoms with Gasteiger partial charge in [0.2, 0.25) is 0 Å². The van der Waals surface area contributed by atoms with Crippen LogP contribution in [0.3, 0.4) is 0 Å². The van der Waals surface area contributed by atoms with Crippen LogP contribution in [0.1, 0.15) is 25.1 Å². The van der Waals surface area contributed by atoms with Crippen LogP contribution in [0.2, 0.25) is 0 Å². The molecule has 0 radical (unpaired) electrons. The Balaban J connectivity index is 2.20. The third kappa shape index (κ3) is 5.43. The van der Waals surface area contributed by atoms with Gasteiger partial charge in [-0.15, -0.1) is 0 Å². The summed E-state index contributed by atoms with van der Waals surface area (Å²) in [4.78, 5) is 4.00. The van der Waals surface area contributed by atoms with Crippen molar-refractivity contribution in [2.75, 3.05) is 19.8 Å². The van der Waals surface area contributed by atoms with Crippen molar-refractivity contribution in [1.29, 1.82) is 5.26 Å². The zero-order valence-electron chi connectivity index (χ0n) is 10.4. The Morgan fingerprint density at radius 2 is 2.35 bits per heavy atom. The standard InChI is InChI=1S/C13H19N3O/c1-11(2)10-17-7-6-15-9-12-4-3-5-16-13(12)8-14/h3-5,11,15H,6-7,9-10H2,1-2H3. The minimum atomic E-state index is 0.489. The summed E-state index contributed by atoms with van der Waals surface area (Å²) in [6.07, 6.45) is 1.63. The lowest BCUT2D eigenvalue weighted by Gasteiger charge is -2.08. The quantitative estimate of drug-likeness (QED) is 0.728. The predicted octanol–water partition coefficient (Wildman–Crippen LogP) is 1.72. The average Bonchev–Trinajstić information content (AvgIpc) is 2.33. The van der Waals surface area contributed by atoms with Gasteiger partial charge in [-0.3, -0.25) is 0 Å². The smallest absolute Gasteiger partial charge is 0.144 e. The Kier molecular flexibility index (Phi) is 6.23.